The number of hydrogen-bond donors (Lipinski definition) is 9. The number of urea groups is 2. The van der Waals surface area contributed by atoms with Gasteiger partial charge in [-0.3, -0.25) is 33.6 Å². The van der Waals surface area contributed by atoms with Gasteiger partial charge in [0.25, 0.3) is 5.91 Å². The average Bonchev–Trinajstić information content (AvgIpc) is 3.70. The van der Waals surface area contributed by atoms with Crippen LogP contribution in [0.2, 0.25) is 0 Å². The molecule has 2 spiro atoms. The molecule has 11 N–H and O–H groups in total. The average molecular weight is 1070 g/mol. The molecular weight excluding hydrogens is 973 g/mol. The van der Waals surface area contributed by atoms with Crippen LogP contribution in [0.5, 0.6) is 0 Å². The molecule has 6 rings (SSSR count). The molecule has 2 aliphatic heterocycles. The van der Waals surface area contributed by atoms with Gasteiger partial charge in [0.15, 0.2) is 6.10 Å². The lowest BCUT2D eigenvalue weighted by molar-refractivity contribution is -0.143. The molecule has 2 saturated heterocycles. The number of primary amides is 2. The number of carbonyl (C=O) groups excluding carboxylic acids is 9. The largest absolute Gasteiger partial charge is 0.381 e. The Morgan fingerprint density at radius 2 is 0.921 bits per heavy atom. The number of rotatable bonds is 16. The Labute approximate surface area is 452 Å². The number of amides is 10. The molecule has 0 bridgehead atoms. The minimum absolute atomic E-state index is 0.0209. The van der Waals surface area contributed by atoms with Gasteiger partial charge in [0.1, 0.15) is 24.2 Å². The Hall–Kier alpha value is -5.01. The molecule has 20 nitrogen and oxygen atoms in total. The molecule has 0 aromatic carbocycles. The van der Waals surface area contributed by atoms with Gasteiger partial charge in [-0.15, -0.1) is 0 Å². The first-order valence-electron chi connectivity index (χ1n) is 27.7. The van der Waals surface area contributed by atoms with E-state index in [9.17, 15) is 48.3 Å². The normalized spacial score (nSPS) is 26.7. The highest BCUT2D eigenvalue weighted by Gasteiger charge is 2.69. The first kappa shape index (κ1) is 61.8. The van der Waals surface area contributed by atoms with Gasteiger partial charge in [0.2, 0.25) is 35.3 Å². The smallest absolute Gasteiger partial charge is 0.315 e. The van der Waals surface area contributed by atoms with Gasteiger partial charge in [-0.2, -0.15) is 0 Å². The van der Waals surface area contributed by atoms with Crippen molar-refractivity contribution in [2.24, 2.45) is 55.8 Å². The van der Waals surface area contributed by atoms with Crippen molar-refractivity contribution < 1.29 is 48.3 Å². The van der Waals surface area contributed by atoms with Crippen molar-refractivity contribution >= 4 is 53.3 Å². The number of likely N-dealkylation sites (tertiary alicyclic amines) is 2. The second kappa shape index (κ2) is 22.0. The van der Waals surface area contributed by atoms with E-state index in [1.54, 1.807) is 9.80 Å². The molecule has 4 saturated carbocycles. The van der Waals surface area contributed by atoms with Crippen LogP contribution < -0.4 is 43.4 Å². The third-order valence-corrected chi connectivity index (χ3v) is 17.5. The summed E-state index contributed by atoms with van der Waals surface area (Å²) < 4.78 is 0. The highest BCUT2D eigenvalue weighted by Crippen LogP contribution is 2.70. The zero-order chi connectivity index (χ0) is 57.7. The van der Waals surface area contributed by atoms with Gasteiger partial charge >= 0.3 is 12.1 Å². The summed E-state index contributed by atoms with van der Waals surface area (Å²) >= 11 is 0. The number of nitrogens with one attached hydrogen (secondary N) is 6. The maximum Gasteiger partial charge on any atom is 0.315 e. The zero-order valence-corrected chi connectivity index (χ0v) is 48.8. The van der Waals surface area contributed by atoms with Gasteiger partial charge in [-0.1, -0.05) is 108 Å². The van der Waals surface area contributed by atoms with Crippen LogP contribution in [0.25, 0.3) is 0 Å². The Morgan fingerprint density at radius 3 is 1.21 bits per heavy atom. The lowest BCUT2D eigenvalue weighted by atomic mass is 9.79. The zero-order valence-electron chi connectivity index (χ0n) is 48.8. The van der Waals surface area contributed by atoms with E-state index in [0.717, 1.165) is 51.4 Å². The van der Waals surface area contributed by atoms with Crippen LogP contribution in [0.1, 0.15) is 188 Å². The molecule has 0 aromatic heterocycles. The van der Waals surface area contributed by atoms with Crippen LogP contribution in [-0.4, -0.2) is 135 Å². The summed E-state index contributed by atoms with van der Waals surface area (Å²) in [5.74, 6) is -3.68. The van der Waals surface area contributed by atoms with Gasteiger partial charge in [0.05, 0.1) is 12.1 Å². The summed E-state index contributed by atoms with van der Waals surface area (Å²) in [6.07, 6.45) is 8.05. The number of nitrogens with zero attached hydrogens (tertiary/aromatic N) is 2. The van der Waals surface area contributed by atoms with Crippen LogP contribution in [0.4, 0.5) is 9.59 Å². The Morgan fingerprint density at radius 1 is 0.566 bits per heavy atom. The summed E-state index contributed by atoms with van der Waals surface area (Å²) in [5.41, 5.74) is 8.01. The van der Waals surface area contributed by atoms with Gasteiger partial charge in [0, 0.05) is 24.2 Å². The minimum atomic E-state index is -1.50. The van der Waals surface area contributed by atoms with Gasteiger partial charge < -0.3 is 58.3 Å². The van der Waals surface area contributed by atoms with Crippen molar-refractivity contribution in [2.45, 2.75) is 241 Å². The number of carbonyl (C=O) groups is 9. The third kappa shape index (κ3) is 14.8. The van der Waals surface area contributed by atoms with E-state index in [-0.39, 0.29) is 39.4 Å². The second-order valence-electron chi connectivity index (χ2n) is 29.2. The van der Waals surface area contributed by atoms with Gasteiger partial charge in [-0.05, 0) is 124 Å². The van der Waals surface area contributed by atoms with E-state index < -0.39 is 106 Å². The fraction of sp³-hybridized carbons (Fsp3) is 0.839. The van der Waals surface area contributed by atoms with Crippen molar-refractivity contribution in [2.75, 3.05) is 13.1 Å². The maximum absolute atomic E-state index is 14.1. The summed E-state index contributed by atoms with van der Waals surface area (Å²) in [5, 5.41) is 27.5. The van der Waals surface area contributed by atoms with Crippen LogP contribution in [-0.2, 0) is 33.6 Å². The molecule has 2 heterocycles. The van der Waals surface area contributed by atoms with E-state index in [1.807, 2.05) is 83.1 Å². The molecule has 430 valence electrons. The fourth-order valence-corrected chi connectivity index (χ4v) is 11.9. The first-order valence-corrected chi connectivity index (χ1v) is 27.7. The maximum atomic E-state index is 14.1. The van der Waals surface area contributed by atoms with Crippen LogP contribution in [0.15, 0.2) is 0 Å². The predicted octanol–water partition coefficient (Wildman–Crippen LogP) is 4.28. The summed E-state index contributed by atoms with van der Waals surface area (Å²) in [4.78, 5) is 120. The van der Waals surface area contributed by atoms with E-state index in [2.05, 4.69) is 59.6 Å². The minimum Gasteiger partial charge on any atom is -0.381 e. The Bertz CT molecular complexity index is 2250. The number of aliphatic hydroxyl groups is 1. The summed E-state index contributed by atoms with van der Waals surface area (Å²) in [6.45, 7) is 31.7. The standard InChI is InChI=1S/C28H49N5O5.C28H47N5O5/c2*1-25(2,3)20(31-24(38)32-26(4,5)6)23(37)33-15-28(14-27(28,7)8)13-18(33)22(36)30-17(19(34)21(29)35)12-16-10-9-11-16/h16-20,34H,9-15H2,1-8H3,(H2,29,35)(H,30,36)(H2,31,32,38);16-18,20H,9-15H2,1-8H3,(H2,29,35)(H,30,36)(H2,31,32,38)/t17?,18-,19?,20+,28?;17?,18-,20+,28?/m00/s1. The molecule has 6 fully saturated rings. The summed E-state index contributed by atoms with van der Waals surface area (Å²) in [6, 6.07) is -6.04. The van der Waals surface area contributed by atoms with E-state index in [0.29, 0.717) is 44.7 Å². The molecular formula is C56H96N10O10. The molecule has 0 radical (unpaired) electrons. The van der Waals surface area contributed by atoms with Crippen molar-refractivity contribution in [3.8, 4) is 0 Å². The third-order valence-electron chi connectivity index (χ3n) is 17.5. The Kier molecular flexibility index (Phi) is 17.9. The molecule has 20 heteroatoms. The molecule has 6 aliphatic rings. The van der Waals surface area contributed by atoms with E-state index in [4.69, 9.17) is 11.5 Å². The molecule has 76 heavy (non-hydrogen) atoms. The highest BCUT2D eigenvalue weighted by atomic mass is 16.3. The van der Waals surface area contributed by atoms with Crippen molar-refractivity contribution in [1.29, 1.82) is 0 Å². The Balaban J connectivity index is 0.000000281. The second-order valence-corrected chi connectivity index (χ2v) is 29.2. The van der Waals surface area contributed by atoms with Gasteiger partial charge in [-0.25, -0.2) is 9.59 Å². The van der Waals surface area contributed by atoms with Crippen LogP contribution in [0, 0.1) is 44.3 Å². The van der Waals surface area contributed by atoms with Crippen LogP contribution >= 0.6 is 0 Å². The molecule has 4 aliphatic carbocycles. The van der Waals surface area contributed by atoms with Crippen molar-refractivity contribution in [1.82, 2.24) is 41.7 Å². The molecule has 10 amide bonds. The van der Waals surface area contributed by atoms with Crippen molar-refractivity contribution in [3.05, 3.63) is 0 Å². The predicted molar refractivity (Wildman–Crippen MR) is 288 cm³/mol. The van der Waals surface area contributed by atoms with E-state index in [1.165, 1.54) is 0 Å². The number of ketones is 1. The number of aliphatic hydroxyl groups excluding tert-OH is 1. The summed E-state index contributed by atoms with van der Waals surface area (Å²) in [7, 11) is 0. The van der Waals surface area contributed by atoms with E-state index >= 15 is 0 Å². The monoisotopic (exact) mass is 1070 g/mol. The van der Waals surface area contributed by atoms with Crippen molar-refractivity contribution in [3.63, 3.8) is 0 Å². The number of Topliss-reactive ketones (excluding diaryl/α,β-unsaturated/α-hetero) is 1. The molecule has 9 atom stereocenters. The number of nitrogens with two attached hydrogens (primary N) is 2. The highest BCUT2D eigenvalue weighted by molar-refractivity contribution is 6.37. The quantitative estimate of drug-likeness (QED) is 0.0989. The van der Waals surface area contributed by atoms with Crippen LogP contribution in [0.3, 0.4) is 0 Å². The first-order chi connectivity index (χ1) is 34.5. The lowest BCUT2D eigenvalue weighted by Crippen LogP contribution is -2.61. The number of hydrogen-bond acceptors (Lipinski definition) is 10. The lowest BCUT2D eigenvalue weighted by Gasteiger charge is -2.37. The topological polar surface area (TPSA) is 305 Å². The SMILES string of the molecule is CC(C)(C)NC(=O)N[C@H](C(=O)N1CC2(C[C@H]1C(=O)NC(CC1CCC1)C(=O)C(N)=O)CC2(C)C)C(C)(C)C.CC(C)(C)NC(=O)N[C@H](C(=O)N1CC2(C[C@H]1C(=O)NC(CC1CCC1)C(O)C(N)=O)CC2(C)C)C(C)(C)C. The fourth-order valence-electron chi connectivity index (χ4n) is 11.9. The molecule has 5 unspecified atom stereocenters. The molecule has 0 aromatic rings.